The molecule has 1 aliphatic heterocycles. The van der Waals surface area contributed by atoms with Gasteiger partial charge in [0, 0.05) is 12.1 Å². The molecule has 0 bridgehead atoms. The van der Waals surface area contributed by atoms with Crippen LogP contribution in [-0.2, 0) is 6.54 Å². The van der Waals surface area contributed by atoms with Gasteiger partial charge in [-0.05, 0) is 42.0 Å². The molecule has 2 aromatic carbocycles. The summed E-state index contributed by atoms with van der Waals surface area (Å²) in [6.45, 7) is 0.838. The van der Waals surface area contributed by atoms with Crippen molar-refractivity contribution < 1.29 is 14.9 Å². The van der Waals surface area contributed by atoms with Crippen molar-refractivity contribution in [1.29, 1.82) is 0 Å². The van der Waals surface area contributed by atoms with Crippen LogP contribution in [0.3, 0.4) is 0 Å². The summed E-state index contributed by atoms with van der Waals surface area (Å²) >= 11 is 0. The summed E-state index contributed by atoms with van der Waals surface area (Å²) < 4.78 is 5.29. The van der Waals surface area contributed by atoms with Crippen LogP contribution in [0.15, 0.2) is 54.7 Å². The number of aliphatic hydroxyl groups is 1. The van der Waals surface area contributed by atoms with Gasteiger partial charge in [0.2, 0.25) is 0 Å². The molecule has 0 aliphatic carbocycles. The molecule has 1 atom stereocenters. The summed E-state index contributed by atoms with van der Waals surface area (Å²) in [6, 6.07) is 14.5. The first-order chi connectivity index (χ1) is 13.1. The van der Waals surface area contributed by atoms with Gasteiger partial charge in [0.1, 0.15) is 17.7 Å². The topological polar surface area (TPSA) is 90.7 Å². The molecule has 4 rings (SSSR count). The molecule has 0 radical (unpaired) electrons. The van der Waals surface area contributed by atoms with E-state index in [1.807, 2.05) is 29.2 Å². The maximum atomic E-state index is 10.5. The van der Waals surface area contributed by atoms with Crippen LogP contribution in [0.4, 0.5) is 11.6 Å². The van der Waals surface area contributed by atoms with Gasteiger partial charge in [-0.2, -0.15) is 0 Å². The lowest BCUT2D eigenvalue weighted by atomic mass is 10.1. The highest BCUT2D eigenvalue weighted by molar-refractivity contribution is 5.69. The van der Waals surface area contributed by atoms with E-state index in [-0.39, 0.29) is 5.75 Å². The highest BCUT2D eigenvalue weighted by Crippen LogP contribution is 2.31. The number of aromatic hydroxyl groups is 1. The summed E-state index contributed by atoms with van der Waals surface area (Å²) in [4.78, 5) is 11.0. The zero-order valence-electron chi connectivity index (χ0n) is 14.8. The number of methoxy groups -OCH3 is 1. The largest absolute Gasteiger partial charge is 0.508 e. The number of phenols is 1. The van der Waals surface area contributed by atoms with Crippen LogP contribution >= 0.6 is 0 Å². The first kappa shape index (κ1) is 17.1. The normalized spacial score (nSPS) is 15.8. The summed E-state index contributed by atoms with van der Waals surface area (Å²) in [5.74, 6) is 2.18. The molecule has 7 heteroatoms. The predicted molar refractivity (Wildman–Crippen MR) is 103 cm³/mol. The molecule has 27 heavy (non-hydrogen) atoms. The molecular weight excluding hydrogens is 344 g/mol. The van der Waals surface area contributed by atoms with Crippen molar-refractivity contribution in [2.24, 2.45) is 0 Å². The zero-order valence-corrected chi connectivity index (χ0v) is 14.8. The Morgan fingerprint density at radius 2 is 2.04 bits per heavy atom. The highest BCUT2D eigenvalue weighted by atomic mass is 16.5. The van der Waals surface area contributed by atoms with Crippen LogP contribution in [0, 0.1) is 0 Å². The van der Waals surface area contributed by atoms with Crippen molar-refractivity contribution in [2.75, 3.05) is 23.9 Å². The fourth-order valence-corrected chi connectivity index (χ4v) is 3.06. The van der Waals surface area contributed by atoms with Crippen molar-refractivity contribution in [3.8, 4) is 22.8 Å². The molecule has 0 saturated carbocycles. The van der Waals surface area contributed by atoms with E-state index < -0.39 is 6.23 Å². The minimum absolute atomic E-state index is 0.196. The fraction of sp³-hybridized carbons (Fsp3) is 0.200. The van der Waals surface area contributed by atoms with E-state index in [0.717, 1.165) is 16.9 Å². The maximum absolute atomic E-state index is 10.5. The Morgan fingerprint density at radius 3 is 2.81 bits per heavy atom. The van der Waals surface area contributed by atoms with E-state index in [1.165, 1.54) is 0 Å². The van der Waals surface area contributed by atoms with Crippen molar-refractivity contribution in [1.82, 2.24) is 9.97 Å². The van der Waals surface area contributed by atoms with E-state index in [4.69, 9.17) is 9.72 Å². The molecular formula is C20H20N4O3. The number of β-amino-alcohol motifs (C(OH)–C–C–N with tert-alkyl or cyclic N) is 1. The van der Waals surface area contributed by atoms with E-state index in [9.17, 15) is 10.2 Å². The predicted octanol–water partition coefficient (Wildman–Crippen LogP) is 2.61. The van der Waals surface area contributed by atoms with E-state index in [0.29, 0.717) is 30.4 Å². The molecule has 2 heterocycles. The fourth-order valence-electron chi connectivity index (χ4n) is 3.06. The first-order valence-electron chi connectivity index (χ1n) is 8.62. The van der Waals surface area contributed by atoms with Crippen LogP contribution in [0.2, 0.25) is 0 Å². The lowest BCUT2D eigenvalue weighted by Gasteiger charge is -2.35. The van der Waals surface area contributed by atoms with Gasteiger partial charge in [0.25, 0.3) is 0 Å². The number of phenolic OH excluding ortho intramolecular Hbond substituents is 1. The van der Waals surface area contributed by atoms with Crippen LogP contribution in [-0.4, -0.2) is 40.1 Å². The van der Waals surface area contributed by atoms with E-state index in [1.54, 1.807) is 37.6 Å². The van der Waals surface area contributed by atoms with E-state index >= 15 is 0 Å². The molecule has 7 nitrogen and oxygen atoms in total. The Bertz CT molecular complexity index is 946. The Kier molecular flexibility index (Phi) is 4.52. The molecule has 3 aromatic rings. The Hall–Kier alpha value is -3.32. The summed E-state index contributed by atoms with van der Waals surface area (Å²) in [7, 11) is 1.63. The average Bonchev–Trinajstić information content (AvgIpc) is 2.70. The number of nitrogens with zero attached hydrogens (tertiary/aromatic N) is 3. The van der Waals surface area contributed by atoms with Gasteiger partial charge in [0.05, 0.1) is 25.5 Å². The maximum Gasteiger partial charge on any atom is 0.174 e. The number of anilines is 2. The summed E-state index contributed by atoms with van der Waals surface area (Å²) in [6.07, 6.45) is 0.952. The number of fused-ring (bicyclic) bond motifs is 1. The minimum Gasteiger partial charge on any atom is -0.508 e. The van der Waals surface area contributed by atoms with Crippen molar-refractivity contribution in [2.45, 2.75) is 12.8 Å². The van der Waals surface area contributed by atoms with E-state index in [2.05, 4.69) is 10.3 Å². The third-order valence-corrected chi connectivity index (χ3v) is 4.49. The van der Waals surface area contributed by atoms with Gasteiger partial charge < -0.3 is 25.2 Å². The SMILES string of the molecule is COc1cccc(CN2c3nc(-c4ccc(O)cc4)cnc3NCC2O)c1. The molecule has 0 fully saturated rings. The summed E-state index contributed by atoms with van der Waals surface area (Å²) in [5, 5.41) is 23.1. The summed E-state index contributed by atoms with van der Waals surface area (Å²) in [5.41, 5.74) is 2.50. The Labute approximate surface area is 156 Å². The molecule has 0 amide bonds. The van der Waals surface area contributed by atoms with Gasteiger partial charge in [-0.3, -0.25) is 0 Å². The standard InChI is InChI=1S/C20H20N4O3/c1-27-16-4-2-3-13(9-16)12-24-18(26)11-22-19-20(24)23-17(10-21-19)14-5-7-15(25)8-6-14/h2-10,18,25-26H,11-12H2,1H3,(H,21,22). The van der Waals surface area contributed by atoms with Crippen LogP contribution in [0.25, 0.3) is 11.3 Å². The van der Waals surface area contributed by atoms with Gasteiger partial charge in [-0.25, -0.2) is 9.97 Å². The number of benzene rings is 2. The second kappa shape index (κ2) is 7.13. The van der Waals surface area contributed by atoms with Crippen molar-refractivity contribution >= 4 is 11.6 Å². The van der Waals surface area contributed by atoms with Crippen LogP contribution in [0.1, 0.15) is 5.56 Å². The number of aliphatic hydroxyl groups excluding tert-OH is 1. The number of nitrogens with one attached hydrogen (secondary N) is 1. The number of hydrogen-bond donors (Lipinski definition) is 3. The third-order valence-electron chi connectivity index (χ3n) is 4.49. The monoisotopic (exact) mass is 364 g/mol. The van der Waals surface area contributed by atoms with Gasteiger partial charge in [-0.1, -0.05) is 12.1 Å². The third kappa shape index (κ3) is 3.50. The molecule has 138 valence electrons. The number of ether oxygens (including phenoxy) is 1. The number of hydrogen-bond acceptors (Lipinski definition) is 7. The molecule has 1 unspecified atom stereocenters. The second-order valence-electron chi connectivity index (χ2n) is 6.32. The van der Waals surface area contributed by atoms with Crippen molar-refractivity contribution in [3.05, 3.63) is 60.3 Å². The van der Waals surface area contributed by atoms with Gasteiger partial charge >= 0.3 is 0 Å². The Balaban J connectivity index is 1.69. The van der Waals surface area contributed by atoms with Gasteiger partial charge in [0.15, 0.2) is 11.6 Å². The van der Waals surface area contributed by atoms with Gasteiger partial charge in [-0.15, -0.1) is 0 Å². The zero-order chi connectivity index (χ0) is 18.8. The molecule has 0 spiro atoms. The van der Waals surface area contributed by atoms with Crippen LogP contribution in [0.5, 0.6) is 11.5 Å². The number of rotatable bonds is 4. The quantitative estimate of drug-likeness (QED) is 0.655. The molecule has 1 aromatic heterocycles. The Morgan fingerprint density at radius 1 is 1.22 bits per heavy atom. The second-order valence-corrected chi connectivity index (χ2v) is 6.32. The average molecular weight is 364 g/mol. The molecule has 1 aliphatic rings. The minimum atomic E-state index is -0.729. The lowest BCUT2D eigenvalue weighted by molar-refractivity contribution is 0.175. The molecule has 3 N–H and O–H groups in total. The van der Waals surface area contributed by atoms with Crippen LogP contribution < -0.4 is 15.0 Å². The molecule has 0 saturated heterocycles. The lowest BCUT2D eigenvalue weighted by Crippen LogP contribution is -2.44. The smallest absolute Gasteiger partial charge is 0.174 e. The number of aromatic nitrogens is 2. The highest BCUT2D eigenvalue weighted by Gasteiger charge is 2.27. The first-order valence-corrected chi connectivity index (χ1v) is 8.62. The van der Waals surface area contributed by atoms with Crippen molar-refractivity contribution in [3.63, 3.8) is 0 Å².